The lowest BCUT2D eigenvalue weighted by Crippen LogP contribution is -2.23. The van der Waals surface area contributed by atoms with E-state index in [1.165, 1.54) is 19.2 Å². The zero-order valence-corrected chi connectivity index (χ0v) is 15.0. The highest BCUT2D eigenvalue weighted by Crippen LogP contribution is 2.26. The lowest BCUT2D eigenvalue weighted by Gasteiger charge is -2.11. The van der Waals surface area contributed by atoms with Gasteiger partial charge in [0.1, 0.15) is 0 Å². The van der Waals surface area contributed by atoms with Gasteiger partial charge in [-0.05, 0) is 51.7 Å². The van der Waals surface area contributed by atoms with Gasteiger partial charge in [-0.2, -0.15) is 11.3 Å². The van der Waals surface area contributed by atoms with Gasteiger partial charge in [0.15, 0.2) is 11.6 Å². The average Bonchev–Trinajstić information content (AvgIpc) is 3.14. The molecule has 0 aliphatic rings. The van der Waals surface area contributed by atoms with E-state index >= 15 is 0 Å². The summed E-state index contributed by atoms with van der Waals surface area (Å²) in [6.45, 7) is 0.113. The Kier molecular flexibility index (Phi) is 5.17. The van der Waals surface area contributed by atoms with Crippen LogP contribution in [0, 0.1) is 5.82 Å². The normalized spacial score (nSPS) is 11.4. The summed E-state index contributed by atoms with van der Waals surface area (Å²) in [7, 11) is -2.51. The molecule has 0 aliphatic heterocycles. The lowest BCUT2D eigenvalue weighted by molar-refractivity contribution is 0.385. The second-order valence-corrected chi connectivity index (χ2v) is 7.84. The molecule has 0 spiro atoms. The van der Waals surface area contributed by atoms with E-state index in [4.69, 9.17) is 4.74 Å². The highest BCUT2D eigenvalue weighted by Gasteiger charge is 2.17. The van der Waals surface area contributed by atoms with Crippen LogP contribution in [0.3, 0.4) is 0 Å². The van der Waals surface area contributed by atoms with Crippen LogP contribution in [0.15, 0.2) is 64.2 Å². The number of thiophene rings is 1. The SMILES string of the molecule is COc1ccc(S(=O)(=O)NCc2ccccc2-c2ccsc2)cc1F. The number of nitrogens with one attached hydrogen (secondary N) is 1. The molecular formula is C18H16FNO3S2. The van der Waals surface area contributed by atoms with Crippen LogP contribution in [0.4, 0.5) is 4.39 Å². The maximum atomic E-state index is 13.8. The van der Waals surface area contributed by atoms with Gasteiger partial charge < -0.3 is 4.74 Å². The minimum absolute atomic E-state index is 0.00162. The van der Waals surface area contributed by atoms with E-state index in [2.05, 4.69) is 4.72 Å². The fraction of sp³-hybridized carbons (Fsp3) is 0.111. The lowest BCUT2D eigenvalue weighted by atomic mass is 10.0. The van der Waals surface area contributed by atoms with Gasteiger partial charge in [0, 0.05) is 6.54 Å². The summed E-state index contributed by atoms with van der Waals surface area (Å²) in [4.78, 5) is -0.140. The molecule has 7 heteroatoms. The smallest absolute Gasteiger partial charge is 0.240 e. The molecule has 0 bridgehead atoms. The first-order chi connectivity index (χ1) is 12.0. The Morgan fingerprint density at radius 1 is 1.16 bits per heavy atom. The monoisotopic (exact) mass is 377 g/mol. The van der Waals surface area contributed by atoms with Gasteiger partial charge in [-0.25, -0.2) is 17.5 Å². The first-order valence-corrected chi connectivity index (χ1v) is 9.87. The van der Waals surface area contributed by atoms with Crippen LogP contribution in [-0.2, 0) is 16.6 Å². The molecule has 2 aromatic carbocycles. The maximum absolute atomic E-state index is 13.8. The van der Waals surface area contributed by atoms with Crippen molar-refractivity contribution in [3.63, 3.8) is 0 Å². The Labute approximate surface area is 150 Å². The Bertz CT molecular complexity index is 970. The fourth-order valence-electron chi connectivity index (χ4n) is 2.44. The molecule has 0 fully saturated rings. The van der Waals surface area contributed by atoms with E-state index in [1.54, 1.807) is 11.3 Å². The Morgan fingerprint density at radius 3 is 2.64 bits per heavy atom. The van der Waals surface area contributed by atoms with Crippen molar-refractivity contribution in [3.8, 4) is 16.9 Å². The molecule has 0 amide bonds. The van der Waals surface area contributed by atoms with E-state index in [0.29, 0.717) is 0 Å². The molecule has 3 rings (SSSR count). The van der Waals surface area contributed by atoms with E-state index in [0.717, 1.165) is 22.8 Å². The summed E-state index contributed by atoms with van der Waals surface area (Å²) >= 11 is 1.58. The predicted octanol–water partition coefficient (Wildman–Crippen LogP) is 4.04. The molecule has 0 radical (unpaired) electrons. The second-order valence-electron chi connectivity index (χ2n) is 5.29. The highest BCUT2D eigenvalue weighted by atomic mass is 32.2. The highest BCUT2D eigenvalue weighted by molar-refractivity contribution is 7.89. The van der Waals surface area contributed by atoms with Crippen molar-refractivity contribution in [1.82, 2.24) is 4.72 Å². The quantitative estimate of drug-likeness (QED) is 0.705. The number of halogens is 1. The van der Waals surface area contributed by atoms with Gasteiger partial charge >= 0.3 is 0 Å². The summed E-state index contributed by atoms with van der Waals surface area (Å²) in [6.07, 6.45) is 0. The third-order valence-electron chi connectivity index (χ3n) is 3.74. The van der Waals surface area contributed by atoms with E-state index in [1.807, 2.05) is 41.1 Å². The Balaban J connectivity index is 1.83. The van der Waals surface area contributed by atoms with Crippen molar-refractivity contribution < 1.29 is 17.5 Å². The minimum Gasteiger partial charge on any atom is -0.494 e. The van der Waals surface area contributed by atoms with E-state index < -0.39 is 15.8 Å². The largest absolute Gasteiger partial charge is 0.494 e. The molecule has 0 unspecified atom stereocenters. The first kappa shape index (κ1) is 17.6. The molecule has 0 saturated carbocycles. The zero-order chi connectivity index (χ0) is 17.9. The van der Waals surface area contributed by atoms with Crippen LogP contribution < -0.4 is 9.46 Å². The van der Waals surface area contributed by atoms with Crippen LogP contribution in [0.2, 0.25) is 0 Å². The fourth-order valence-corrected chi connectivity index (χ4v) is 4.12. The Morgan fingerprint density at radius 2 is 1.96 bits per heavy atom. The topological polar surface area (TPSA) is 55.4 Å². The molecule has 25 heavy (non-hydrogen) atoms. The molecular weight excluding hydrogens is 361 g/mol. The van der Waals surface area contributed by atoms with Crippen LogP contribution in [0.25, 0.3) is 11.1 Å². The molecule has 1 aromatic heterocycles. The third-order valence-corrected chi connectivity index (χ3v) is 5.82. The van der Waals surface area contributed by atoms with Gasteiger partial charge in [-0.1, -0.05) is 24.3 Å². The second kappa shape index (κ2) is 7.35. The summed E-state index contributed by atoms with van der Waals surface area (Å²) in [5.74, 6) is -0.717. The van der Waals surface area contributed by atoms with Crippen molar-refractivity contribution >= 4 is 21.4 Å². The molecule has 4 nitrogen and oxygen atoms in total. The van der Waals surface area contributed by atoms with Crippen LogP contribution in [0.1, 0.15) is 5.56 Å². The zero-order valence-electron chi connectivity index (χ0n) is 13.4. The molecule has 1 heterocycles. The number of benzene rings is 2. The molecule has 0 atom stereocenters. The standard InChI is InChI=1S/C18H16FNO3S2/c1-23-18-7-6-15(10-17(18)19)25(21,22)20-11-13-4-2-3-5-16(13)14-8-9-24-12-14/h2-10,12,20H,11H2,1H3. The Hall–Kier alpha value is -2.22. The van der Waals surface area contributed by atoms with E-state index in [-0.39, 0.29) is 17.2 Å². The van der Waals surface area contributed by atoms with Crippen molar-refractivity contribution in [3.05, 3.63) is 70.7 Å². The van der Waals surface area contributed by atoms with Gasteiger partial charge in [0.2, 0.25) is 10.0 Å². The molecule has 0 aliphatic carbocycles. The third kappa shape index (κ3) is 3.89. The number of ether oxygens (including phenoxy) is 1. The summed E-state index contributed by atoms with van der Waals surface area (Å²) in [6, 6.07) is 13.1. The van der Waals surface area contributed by atoms with E-state index in [9.17, 15) is 12.8 Å². The number of methoxy groups -OCH3 is 1. The first-order valence-electron chi connectivity index (χ1n) is 7.45. The summed E-state index contributed by atoms with van der Waals surface area (Å²) in [5, 5.41) is 3.97. The van der Waals surface area contributed by atoms with Crippen molar-refractivity contribution in [2.75, 3.05) is 7.11 Å². The molecule has 0 saturated heterocycles. The van der Waals surface area contributed by atoms with Crippen LogP contribution in [-0.4, -0.2) is 15.5 Å². The van der Waals surface area contributed by atoms with Crippen molar-refractivity contribution in [2.45, 2.75) is 11.4 Å². The van der Waals surface area contributed by atoms with Crippen molar-refractivity contribution in [1.29, 1.82) is 0 Å². The predicted molar refractivity (Wildman–Crippen MR) is 96.7 cm³/mol. The number of hydrogen-bond donors (Lipinski definition) is 1. The van der Waals surface area contributed by atoms with Crippen molar-refractivity contribution in [2.24, 2.45) is 0 Å². The molecule has 1 N–H and O–H groups in total. The minimum atomic E-state index is -3.83. The van der Waals surface area contributed by atoms with Crippen LogP contribution >= 0.6 is 11.3 Å². The van der Waals surface area contributed by atoms with Gasteiger partial charge in [0.25, 0.3) is 0 Å². The van der Waals surface area contributed by atoms with Gasteiger partial charge in [0.05, 0.1) is 12.0 Å². The van der Waals surface area contributed by atoms with Gasteiger partial charge in [-0.3, -0.25) is 0 Å². The summed E-state index contributed by atoms with van der Waals surface area (Å²) < 4.78 is 46.0. The molecule has 3 aromatic rings. The number of rotatable bonds is 6. The number of hydrogen-bond acceptors (Lipinski definition) is 4. The molecule has 130 valence electrons. The number of sulfonamides is 1. The average molecular weight is 377 g/mol. The van der Waals surface area contributed by atoms with Gasteiger partial charge in [-0.15, -0.1) is 0 Å². The summed E-state index contributed by atoms with van der Waals surface area (Å²) in [5.41, 5.74) is 2.85. The van der Waals surface area contributed by atoms with Crippen LogP contribution in [0.5, 0.6) is 5.75 Å². The maximum Gasteiger partial charge on any atom is 0.240 e.